The number of benzene rings is 2. The summed E-state index contributed by atoms with van der Waals surface area (Å²) in [6, 6.07) is 12.7. The van der Waals surface area contributed by atoms with Crippen LogP contribution in [0.1, 0.15) is 12.5 Å². The van der Waals surface area contributed by atoms with Crippen LogP contribution in [0.3, 0.4) is 0 Å². The molecule has 1 aromatic heterocycles. The number of hydrogen-bond acceptors (Lipinski definition) is 1. The number of nitrogens with zero attached hydrogens (tertiary/aromatic N) is 1. The number of aromatic nitrogens is 2. The van der Waals surface area contributed by atoms with Gasteiger partial charge in [-0.15, -0.1) is 0 Å². The van der Waals surface area contributed by atoms with Gasteiger partial charge in [0.2, 0.25) is 0 Å². The molecular weight excluding hydrogens is 447 g/mol. The van der Waals surface area contributed by atoms with Crippen molar-refractivity contribution in [1.29, 1.82) is 0 Å². The molecule has 0 radical (unpaired) electrons. The quantitative estimate of drug-likeness (QED) is 0.390. The highest BCUT2D eigenvalue weighted by Crippen LogP contribution is 2.26. The lowest BCUT2D eigenvalue weighted by Crippen LogP contribution is -1.99. The Labute approximate surface area is 144 Å². The maximum absolute atomic E-state index is 5.51. The number of aryl methyl sites for hydroxylation is 1. The first-order chi connectivity index (χ1) is 9.60. The molecule has 1 N–H and O–H groups in total. The Morgan fingerprint density at radius 2 is 2.05 bits per heavy atom. The summed E-state index contributed by atoms with van der Waals surface area (Å²) >= 11 is 11.4. The van der Waals surface area contributed by atoms with E-state index in [1.807, 2.05) is 0 Å². The molecule has 0 amide bonds. The van der Waals surface area contributed by atoms with Gasteiger partial charge in [0, 0.05) is 8.04 Å². The average molecular weight is 459 g/mol. The molecule has 0 unspecified atom stereocenters. The minimum atomic E-state index is 0.735. The second-order valence-electron chi connectivity index (χ2n) is 4.55. The molecule has 0 aliphatic rings. The molecule has 0 spiro atoms. The second kappa shape index (κ2) is 5.61. The maximum Gasteiger partial charge on any atom is 0.182 e. The lowest BCUT2D eigenvalue weighted by atomic mass is 10.1. The van der Waals surface area contributed by atoms with Gasteiger partial charge in [0.25, 0.3) is 0 Å². The highest BCUT2D eigenvalue weighted by atomic mass is 127. The third-order valence-corrected chi connectivity index (χ3v) is 4.76. The van der Waals surface area contributed by atoms with Gasteiger partial charge in [0.05, 0.1) is 16.7 Å². The number of fused-ring (bicyclic) bond motifs is 1. The summed E-state index contributed by atoms with van der Waals surface area (Å²) < 4.78 is 5.15. The summed E-state index contributed by atoms with van der Waals surface area (Å²) in [5.74, 6) is 0. The van der Waals surface area contributed by atoms with Gasteiger partial charge in [-0.1, -0.05) is 22.9 Å². The maximum atomic E-state index is 5.51. The SMILES string of the molecule is CCc1cc(Br)ccc1-n1c(=S)[nH]c2cc(I)ccc21. The Balaban J connectivity index is 2.35. The van der Waals surface area contributed by atoms with E-state index in [-0.39, 0.29) is 0 Å². The van der Waals surface area contributed by atoms with E-state index in [1.165, 1.54) is 9.13 Å². The van der Waals surface area contributed by atoms with Crippen LogP contribution in [0.2, 0.25) is 0 Å². The highest BCUT2D eigenvalue weighted by Gasteiger charge is 2.10. The van der Waals surface area contributed by atoms with Crippen LogP contribution in [0.4, 0.5) is 0 Å². The van der Waals surface area contributed by atoms with Gasteiger partial charge in [0.15, 0.2) is 4.77 Å². The third-order valence-electron chi connectivity index (χ3n) is 3.31. The van der Waals surface area contributed by atoms with Crippen LogP contribution in [0.15, 0.2) is 40.9 Å². The molecule has 0 saturated carbocycles. The fraction of sp³-hybridized carbons (Fsp3) is 0.133. The summed E-state index contributed by atoms with van der Waals surface area (Å²) in [6.07, 6.45) is 0.966. The van der Waals surface area contributed by atoms with E-state index in [1.54, 1.807) is 0 Å². The van der Waals surface area contributed by atoms with Crippen LogP contribution in [0, 0.1) is 8.34 Å². The Kier molecular flexibility index (Phi) is 4.01. The monoisotopic (exact) mass is 458 g/mol. The van der Waals surface area contributed by atoms with E-state index in [9.17, 15) is 0 Å². The molecule has 0 saturated heterocycles. The van der Waals surface area contributed by atoms with Crippen LogP contribution in [-0.2, 0) is 6.42 Å². The molecule has 0 atom stereocenters. The zero-order valence-electron chi connectivity index (χ0n) is 10.8. The van der Waals surface area contributed by atoms with Crippen molar-refractivity contribution in [1.82, 2.24) is 9.55 Å². The largest absolute Gasteiger partial charge is 0.330 e. The van der Waals surface area contributed by atoms with Crippen molar-refractivity contribution in [3.8, 4) is 5.69 Å². The Morgan fingerprint density at radius 1 is 1.25 bits per heavy atom. The van der Waals surface area contributed by atoms with Crippen molar-refractivity contribution in [3.05, 3.63) is 54.8 Å². The van der Waals surface area contributed by atoms with Crippen LogP contribution in [0.5, 0.6) is 0 Å². The summed E-state index contributed by atoms with van der Waals surface area (Å²) in [5, 5.41) is 0. The van der Waals surface area contributed by atoms with Crippen LogP contribution >= 0.6 is 50.7 Å². The molecule has 0 aliphatic carbocycles. The fourth-order valence-corrected chi connectivity index (χ4v) is 3.58. The summed E-state index contributed by atoms with van der Waals surface area (Å²) in [6.45, 7) is 2.16. The Bertz CT molecular complexity index is 851. The van der Waals surface area contributed by atoms with Crippen molar-refractivity contribution in [2.45, 2.75) is 13.3 Å². The Hall–Kier alpha value is -0.660. The van der Waals surface area contributed by atoms with E-state index in [0.717, 1.165) is 32.4 Å². The standard InChI is InChI=1S/C15H12BrIN2S/c1-2-9-7-10(16)3-5-13(9)19-14-6-4-11(17)8-12(14)18-15(19)20/h3-8H,2H2,1H3,(H,18,20). The first-order valence-corrected chi connectivity index (χ1v) is 8.57. The number of hydrogen-bond donors (Lipinski definition) is 1. The first kappa shape index (κ1) is 14.3. The number of nitrogens with one attached hydrogen (secondary N) is 1. The summed E-state index contributed by atoms with van der Waals surface area (Å²) in [4.78, 5) is 3.29. The van der Waals surface area contributed by atoms with Gasteiger partial charge >= 0.3 is 0 Å². The van der Waals surface area contributed by atoms with E-state index < -0.39 is 0 Å². The molecule has 2 aromatic carbocycles. The normalized spacial score (nSPS) is 11.2. The van der Waals surface area contributed by atoms with Crippen LogP contribution in [-0.4, -0.2) is 9.55 Å². The molecule has 2 nitrogen and oxygen atoms in total. The molecule has 0 aliphatic heterocycles. The van der Waals surface area contributed by atoms with E-state index in [4.69, 9.17) is 12.2 Å². The third kappa shape index (κ3) is 2.46. The van der Waals surface area contributed by atoms with E-state index in [2.05, 4.69) is 91.4 Å². The Morgan fingerprint density at radius 3 is 2.80 bits per heavy atom. The number of imidazole rings is 1. The predicted octanol–water partition coefficient (Wildman–Crippen LogP) is 5.62. The number of rotatable bonds is 2. The van der Waals surface area contributed by atoms with Crippen LogP contribution < -0.4 is 0 Å². The van der Waals surface area contributed by atoms with E-state index in [0.29, 0.717) is 0 Å². The molecule has 102 valence electrons. The minimum Gasteiger partial charge on any atom is -0.330 e. The molecule has 1 heterocycles. The first-order valence-electron chi connectivity index (χ1n) is 6.29. The molecule has 3 rings (SSSR count). The van der Waals surface area contributed by atoms with Gasteiger partial charge in [-0.05, 0) is 83.2 Å². The van der Waals surface area contributed by atoms with Crippen molar-refractivity contribution < 1.29 is 0 Å². The van der Waals surface area contributed by atoms with Crippen molar-refractivity contribution in [2.75, 3.05) is 0 Å². The lowest BCUT2D eigenvalue weighted by Gasteiger charge is -2.10. The van der Waals surface area contributed by atoms with Crippen LogP contribution in [0.25, 0.3) is 16.7 Å². The van der Waals surface area contributed by atoms with Crippen molar-refractivity contribution in [3.63, 3.8) is 0 Å². The van der Waals surface area contributed by atoms with Crippen molar-refractivity contribution in [2.24, 2.45) is 0 Å². The summed E-state index contributed by atoms with van der Waals surface area (Å²) in [5.41, 5.74) is 4.61. The molecule has 0 fully saturated rings. The van der Waals surface area contributed by atoms with Gasteiger partial charge in [-0.2, -0.15) is 0 Å². The minimum absolute atomic E-state index is 0.735. The van der Waals surface area contributed by atoms with Gasteiger partial charge in [-0.25, -0.2) is 0 Å². The highest BCUT2D eigenvalue weighted by molar-refractivity contribution is 14.1. The number of H-pyrrole nitrogens is 1. The molecule has 3 aromatic rings. The van der Waals surface area contributed by atoms with E-state index >= 15 is 0 Å². The molecule has 5 heteroatoms. The summed E-state index contributed by atoms with van der Waals surface area (Å²) in [7, 11) is 0. The zero-order valence-corrected chi connectivity index (χ0v) is 15.3. The van der Waals surface area contributed by atoms with Gasteiger partial charge in [-0.3, -0.25) is 4.57 Å². The van der Waals surface area contributed by atoms with Crippen molar-refractivity contribution >= 4 is 61.8 Å². The smallest absolute Gasteiger partial charge is 0.182 e. The molecule has 20 heavy (non-hydrogen) atoms. The zero-order chi connectivity index (χ0) is 14.3. The lowest BCUT2D eigenvalue weighted by molar-refractivity contribution is 1.01. The second-order valence-corrected chi connectivity index (χ2v) is 7.10. The topological polar surface area (TPSA) is 20.7 Å². The number of halogens is 2. The van der Waals surface area contributed by atoms with Gasteiger partial charge in [0.1, 0.15) is 0 Å². The molecular formula is C15H12BrIN2S. The number of aromatic amines is 1. The molecule has 0 bridgehead atoms. The average Bonchev–Trinajstić information content (AvgIpc) is 2.73. The fourth-order valence-electron chi connectivity index (χ4n) is 2.38. The van der Waals surface area contributed by atoms with Gasteiger partial charge < -0.3 is 4.98 Å². The predicted molar refractivity (Wildman–Crippen MR) is 98.3 cm³/mol.